The van der Waals surface area contributed by atoms with E-state index in [0.29, 0.717) is 11.1 Å². The van der Waals surface area contributed by atoms with E-state index >= 15 is 0 Å². The van der Waals surface area contributed by atoms with Crippen LogP contribution < -0.4 is 0 Å². The van der Waals surface area contributed by atoms with Crippen LogP contribution in [-0.2, 0) is 0 Å². The van der Waals surface area contributed by atoms with E-state index in [4.69, 9.17) is 5.11 Å². The minimum atomic E-state index is -0.292. The predicted octanol–water partition coefficient (Wildman–Crippen LogP) is 8.29. The Morgan fingerprint density at radius 2 is 1.00 bits per heavy atom. The van der Waals surface area contributed by atoms with Gasteiger partial charge in [-0.15, -0.1) is 25.3 Å². The summed E-state index contributed by atoms with van der Waals surface area (Å²) in [5.74, 6) is 1.82. The third-order valence-corrected chi connectivity index (χ3v) is 3.71. The van der Waals surface area contributed by atoms with Crippen molar-refractivity contribution >= 4 is 46.8 Å². The lowest BCUT2D eigenvalue weighted by Crippen LogP contribution is -1.85. The van der Waals surface area contributed by atoms with Crippen molar-refractivity contribution in [1.29, 1.82) is 0 Å². The van der Waals surface area contributed by atoms with Crippen LogP contribution in [0.2, 0.25) is 0 Å². The summed E-state index contributed by atoms with van der Waals surface area (Å²) in [4.78, 5) is 21.0. The zero-order valence-electron chi connectivity index (χ0n) is 19.7. The highest BCUT2D eigenvalue weighted by atomic mass is 32.1. The molecule has 3 nitrogen and oxygen atoms in total. The van der Waals surface area contributed by atoms with Crippen molar-refractivity contribution in [2.24, 2.45) is 11.8 Å². The van der Waals surface area contributed by atoms with Crippen molar-refractivity contribution in [3.8, 4) is 5.75 Å². The van der Waals surface area contributed by atoms with Crippen LogP contribution in [0.15, 0.2) is 77.5 Å². The van der Waals surface area contributed by atoms with Crippen molar-refractivity contribution < 1.29 is 14.7 Å². The fraction of sp³-hybridized carbons (Fsp3) is 0.308. The highest BCUT2D eigenvalue weighted by Gasteiger charge is 1.97. The van der Waals surface area contributed by atoms with Crippen LogP contribution in [0.5, 0.6) is 5.75 Å². The third kappa shape index (κ3) is 24.3. The maximum Gasteiger partial charge on any atom is 0.216 e. The molecule has 1 N–H and O–H groups in total. The number of aromatic hydroxyl groups is 1. The van der Waals surface area contributed by atoms with Gasteiger partial charge in [0.05, 0.1) is 0 Å². The summed E-state index contributed by atoms with van der Waals surface area (Å²) in [6.07, 6.45) is 0. The zero-order valence-corrected chi connectivity index (χ0v) is 22.3. The number of carbonyl (C=O) groups is 2. The molecule has 1 aromatic heterocycles. The molecule has 0 atom stereocenters. The Balaban J connectivity index is 0. The van der Waals surface area contributed by atoms with Gasteiger partial charge >= 0.3 is 0 Å². The molecule has 1 heterocycles. The SMILES string of the molecule is CC(C)C.CC(C)C.O=C(S)c1ccc(O)cc1.O=C(S)c1ccccc1.c1ccsc1. The van der Waals surface area contributed by atoms with Gasteiger partial charge in [-0.05, 0) is 46.9 Å². The van der Waals surface area contributed by atoms with Crippen molar-refractivity contribution in [3.05, 3.63) is 88.6 Å². The molecule has 0 aliphatic rings. The molecule has 0 saturated heterocycles. The normalized spacial score (nSPS) is 8.94. The number of thiophene rings is 1. The average Bonchev–Trinajstić information content (AvgIpc) is 3.29. The van der Waals surface area contributed by atoms with Crippen molar-refractivity contribution in [2.75, 3.05) is 0 Å². The lowest BCUT2D eigenvalue weighted by molar-refractivity contribution is 0.108. The second-order valence-electron chi connectivity index (χ2n) is 7.78. The van der Waals surface area contributed by atoms with Gasteiger partial charge in [0.25, 0.3) is 0 Å². The molecular weight excluding hydrogens is 456 g/mol. The molecule has 3 aromatic rings. The zero-order chi connectivity index (χ0) is 24.9. The summed E-state index contributed by atoms with van der Waals surface area (Å²) in [7, 11) is 0. The first kappa shape index (κ1) is 32.2. The molecule has 0 aliphatic carbocycles. The molecule has 3 rings (SSSR count). The Bertz CT molecular complexity index is 785. The Morgan fingerprint density at radius 3 is 1.25 bits per heavy atom. The summed E-state index contributed by atoms with van der Waals surface area (Å²) in [5, 5.41) is 12.4. The van der Waals surface area contributed by atoms with Gasteiger partial charge in [-0.1, -0.05) is 84.0 Å². The first-order chi connectivity index (χ1) is 15.0. The van der Waals surface area contributed by atoms with Gasteiger partial charge in [0.2, 0.25) is 10.2 Å². The lowest BCUT2D eigenvalue weighted by Gasteiger charge is -1.92. The van der Waals surface area contributed by atoms with Crippen LogP contribution in [-0.4, -0.2) is 15.3 Å². The van der Waals surface area contributed by atoms with Crippen LogP contribution >= 0.6 is 36.6 Å². The molecule has 0 saturated carbocycles. The topological polar surface area (TPSA) is 54.4 Å². The first-order valence-corrected chi connectivity index (χ1v) is 12.1. The average molecular weight is 493 g/mol. The Labute approximate surface area is 208 Å². The minimum Gasteiger partial charge on any atom is -0.508 e. The number of hydrogen-bond donors (Lipinski definition) is 3. The van der Waals surface area contributed by atoms with Crippen molar-refractivity contribution in [3.63, 3.8) is 0 Å². The smallest absolute Gasteiger partial charge is 0.216 e. The molecule has 0 fully saturated rings. The number of phenolic OH excluding ortho intramolecular Hbond substituents is 1. The van der Waals surface area contributed by atoms with E-state index in [9.17, 15) is 9.59 Å². The number of benzene rings is 2. The van der Waals surface area contributed by atoms with Crippen molar-refractivity contribution in [1.82, 2.24) is 0 Å². The summed E-state index contributed by atoms with van der Waals surface area (Å²) in [6.45, 7) is 13.0. The molecule has 176 valence electrons. The van der Waals surface area contributed by atoms with Crippen LogP contribution in [0.25, 0.3) is 0 Å². The maximum absolute atomic E-state index is 10.5. The van der Waals surface area contributed by atoms with Gasteiger partial charge in [0.1, 0.15) is 5.75 Å². The van der Waals surface area contributed by atoms with Crippen LogP contribution in [0, 0.1) is 11.8 Å². The second-order valence-corrected chi connectivity index (χ2v) is 9.41. The van der Waals surface area contributed by atoms with Crippen molar-refractivity contribution in [2.45, 2.75) is 41.5 Å². The number of hydrogen-bond acceptors (Lipinski definition) is 4. The van der Waals surface area contributed by atoms with Crippen LogP contribution in [0.1, 0.15) is 62.3 Å². The van der Waals surface area contributed by atoms with E-state index in [2.05, 4.69) is 66.8 Å². The number of carbonyl (C=O) groups excluding carboxylic acids is 2. The van der Waals surface area contributed by atoms with Gasteiger partial charge in [-0.2, -0.15) is 11.3 Å². The molecular formula is C26H36O3S3. The molecule has 0 amide bonds. The summed E-state index contributed by atoms with van der Waals surface area (Å²) < 4.78 is 0. The molecule has 0 bridgehead atoms. The molecule has 2 aromatic carbocycles. The molecule has 0 radical (unpaired) electrons. The molecule has 0 spiro atoms. The summed E-state index contributed by atoms with van der Waals surface area (Å²) in [5.41, 5.74) is 1.13. The maximum atomic E-state index is 10.5. The highest BCUT2D eigenvalue weighted by Crippen LogP contribution is 2.10. The molecule has 32 heavy (non-hydrogen) atoms. The quantitative estimate of drug-likeness (QED) is 0.315. The fourth-order valence-electron chi connectivity index (χ4n) is 1.41. The standard InChI is InChI=1S/C7H6O2S.C7H6OS.C4H4S.2C4H10/c8-6-3-1-5(2-4-6)7(9)10;8-7(9)6-4-2-1-3-5-6;1-2-4-5-3-1;2*1-4(2)3/h1-4,8H,(H,9,10);1-5H,(H,8,9);1-4H;2*4H,1-3H3. The number of thiol groups is 2. The number of rotatable bonds is 2. The lowest BCUT2D eigenvalue weighted by atomic mass is 10.2. The summed E-state index contributed by atoms with van der Waals surface area (Å²) in [6, 6.07) is 18.9. The Morgan fingerprint density at radius 1 is 0.656 bits per heavy atom. The van der Waals surface area contributed by atoms with Gasteiger partial charge in [0.15, 0.2) is 0 Å². The number of phenols is 1. The van der Waals surface area contributed by atoms with Gasteiger partial charge < -0.3 is 5.11 Å². The summed E-state index contributed by atoms with van der Waals surface area (Å²) >= 11 is 8.96. The largest absolute Gasteiger partial charge is 0.508 e. The van der Waals surface area contributed by atoms with E-state index < -0.39 is 0 Å². The van der Waals surface area contributed by atoms with Gasteiger partial charge in [-0.3, -0.25) is 9.59 Å². The van der Waals surface area contributed by atoms with Gasteiger partial charge in [0, 0.05) is 11.1 Å². The third-order valence-electron chi connectivity index (χ3n) is 2.56. The monoisotopic (exact) mass is 492 g/mol. The Hall–Kier alpha value is -2.02. The predicted molar refractivity (Wildman–Crippen MR) is 147 cm³/mol. The van der Waals surface area contributed by atoms with E-state index in [1.165, 1.54) is 24.3 Å². The minimum absolute atomic E-state index is 0.151. The first-order valence-electron chi connectivity index (χ1n) is 10.2. The fourth-order valence-corrected chi connectivity index (χ4v) is 2.16. The molecule has 6 heteroatoms. The molecule has 0 unspecified atom stereocenters. The highest BCUT2D eigenvalue weighted by molar-refractivity contribution is 7.97. The molecule has 0 aliphatic heterocycles. The van der Waals surface area contributed by atoms with Crippen LogP contribution in [0.4, 0.5) is 0 Å². The van der Waals surface area contributed by atoms with Crippen LogP contribution in [0.3, 0.4) is 0 Å². The Kier molecular flexibility index (Phi) is 21.0. The van der Waals surface area contributed by atoms with Gasteiger partial charge in [-0.25, -0.2) is 0 Å². The van der Waals surface area contributed by atoms with E-state index in [1.807, 2.05) is 41.1 Å². The van der Waals surface area contributed by atoms with E-state index in [0.717, 1.165) is 11.8 Å². The van der Waals surface area contributed by atoms with E-state index in [1.54, 1.807) is 23.5 Å². The second kappa shape index (κ2) is 20.9. The van der Waals surface area contributed by atoms with E-state index in [-0.39, 0.29) is 16.0 Å².